The van der Waals surface area contributed by atoms with E-state index < -0.39 is 22.0 Å². The Balaban J connectivity index is 2.02. The van der Waals surface area contributed by atoms with Crippen molar-refractivity contribution in [2.75, 3.05) is 13.7 Å². The van der Waals surface area contributed by atoms with E-state index in [9.17, 15) is 13.2 Å². The average Bonchev–Trinajstić information content (AvgIpc) is 3.23. The van der Waals surface area contributed by atoms with Crippen LogP contribution in [0.3, 0.4) is 0 Å². The second-order valence-electron chi connectivity index (χ2n) is 6.99. The summed E-state index contributed by atoms with van der Waals surface area (Å²) in [5.41, 5.74) is 0.997. The Kier molecular flexibility index (Phi) is 5.34. The maximum Gasteiger partial charge on any atom is 0.310 e. The highest BCUT2D eigenvalue weighted by atomic mass is 32.2. The summed E-state index contributed by atoms with van der Waals surface area (Å²) in [4.78, 5) is 12.7. The predicted octanol–water partition coefficient (Wildman–Crippen LogP) is 2.93. The molecule has 0 spiro atoms. The number of aryl methyl sites for hydroxylation is 1. The minimum absolute atomic E-state index is 0.0362. The SMILES string of the molecule is C=CCCN(C1C2C=CC(C2)C1C(=O)OC)S(=O)(=O)c1ccc(C)cc1. The molecule has 0 heterocycles. The average molecular weight is 375 g/mol. The molecular formula is C20H25NO4S. The molecular weight excluding hydrogens is 350 g/mol. The summed E-state index contributed by atoms with van der Waals surface area (Å²) in [6.45, 7) is 5.93. The summed E-state index contributed by atoms with van der Waals surface area (Å²) >= 11 is 0. The zero-order valence-corrected chi connectivity index (χ0v) is 16.0. The molecule has 1 saturated carbocycles. The summed E-state index contributed by atoms with van der Waals surface area (Å²) in [7, 11) is -2.37. The van der Waals surface area contributed by atoms with Crippen LogP contribution in [0.5, 0.6) is 0 Å². The number of rotatable bonds is 7. The number of fused-ring (bicyclic) bond motifs is 2. The molecule has 140 valence electrons. The standard InChI is InChI=1S/C20H25NO4S/c1-4-5-12-21(26(23,24)17-10-6-14(2)7-11-17)19-16-9-8-15(13-16)18(19)20(22)25-3/h4,6-11,15-16,18-19H,1,5,12-13H2,2-3H3. The van der Waals surface area contributed by atoms with Gasteiger partial charge in [-0.2, -0.15) is 4.31 Å². The van der Waals surface area contributed by atoms with Gasteiger partial charge < -0.3 is 4.74 Å². The Hall–Kier alpha value is -1.92. The first-order valence-electron chi connectivity index (χ1n) is 8.85. The minimum atomic E-state index is -3.73. The molecule has 2 bridgehead atoms. The Labute approximate surface area is 155 Å². The number of nitrogens with zero attached hydrogens (tertiary/aromatic N) is 1. The predicted molar refractivity (Wildman–Crippen MR) is 99.9 cm³/mol. The highest BCUT2D eigenvalue weighted by Crippen LogP contribution is 2.48. The van der Waals surface area contributed by atoms with Gasteiger partial charge in [0.2, 0.25) is 10.0 Å². The lowest BCUT2D eigenvalue weighted by atomic mass is 9.89. The molecule has 1 fully saturated rings. The molecule has 3 rings (SSSR count). The molecule has 0 aromatic heterocycles. The normalized spacial score (nSPS) is 27.0. The monoisotopic (exact) mass is 375 g/mol. The maximum atomic E-state index is 13.4. The molecule has 6 heteroatoms. The molecule has 26 heavy (non-hydrogen) atoms. The zero-order valence-electron chi connectivity index (χ0n) is 15.2. The van der Waals surface area contributed by atoms with Gasteiger partial charge in [-0.15, -0.1) is 6.58 Å². The van der Waals surface area contributed by atoms with Gasteiger partial charge in [-0.3, -0.25) is 4.79 Å². The fraction of sp³-hybridized carbons (Fsp3) is 0.450. The van der Waals surface area contributed by atoms with E-state index >= 15 is 0 Å². The van der Waals surface area contributed by atoms with Crippen LogP contribution in [-0.4, -0.2) is 38.4 Å². The van der Waals surface area contributed by atoms with Crippen LogP contribution in [0.4, 0.5) is 0 Å². The van der Waals surface area contributed by atoms with Crippen LogP contribution in [0.15, 0.2) is 54.0 Å². The van der Waals surface area contributed by atoms with Crippen molar-refractivity contribution >= 4 is 16.0 Å². The molecule has 2 aliphatic carbocycles. The van der Waals surface area contributed by atoms with Gasteiger partial charge in [0.25, 0.3) is 0 Å². The van der Waals surface area contributed by atoms with Crippen molar-refractivity contribution in [3.63, 3.8) is 0 Å². The zero-order chi connectivity index (χ0) is 18.9. The molecule has 0 N–H and O–H groups in total. The van der Waals surface area contributed by atoms with E-state index in [1.54, 1.807) is 30.3 Å². The van der Waals surface area contributed by atoms with E-state index in [1.165, 1.54) is 11.4 Å². The Morgan fingerprint density at radius 1 is 1.27 bits per heavy atom. The number of sulfonamides is 1. The van der Waals surface area contributed by atoms with Gasteiger partial charge in [0.05, 0.1) is 17.9 Å². The summed E-state index contributed by atoms with van der Waals surface area (Å²) in [6.07, 6.45) is 7.08. The number of allylic oxidation sites excluding steroid dienone is 1. The second kappa shape index (κ2) is 7.37. The first kappa shape index (κ1) is 18.9. The quantitative estimate of drug-likeness (QED) is 0.543. The van der Waals surface area contributed by atoms with Crippen molar-refractivity contribution < 1.29 is 17.9 Å². The smallest absolute Gasteiger partial charge is 0.310 e. The molecule has 5 nitrogen and oxygen atoms in total. The van der Waals surface area contributed by atoms with E-state index in [4.69, 9.17) is 4.74 Å². The molecule has 1 aromatic carbocycles. The topological polar surface area (TPSA) is 63.7 Å². The molecule has 1 aromatic rings. The molecule has 0 aliphatic heterocycles. The van der Waals surface area contributed by atoms with Crippen molar-refractivity contribution in [1.82, 2.24) is 4.31 Å². The Morgan fingerprint density at radius 2 is 1.92 bits per heavy atom. The van der Waals surface area contributed by atoms with Gasteiger partial charge in [-0.25, -0.2) is 8.42 Å². The Bertz CT molecular complexity index is 813. The van der Waals surface area contributed by atoms with Gasteiger partial charge in [-0.05, 0) is 43.7 Å². The number of hydrogen-bond acceptors (Lipinski definition) is 4. The van der Waals surface area contributed by atoms with E-state index in [0.717, 1.165) is 12.0 Å². The second-order valence-corrected chi connectivity index (χ2v) is 8.88. The third kappa shape index (κ3) is 3.23. The van der Waals surface area contributed by atoms with Crippen LogP contribution in [0.25, 0.3) is 0 Å². The third-order valence-electron chi connectivity index (χ3n) is 5.40. The summed E-state index contributed by atoms with van der Waals surface area (Å²) in [6, 6.07) is 6.42. The van der Waals surface area contributed by atoms with Gasteiger partial charge in [-0.1, -0.05) is 35.9 Å². The first-order valence-corrected chi connectivity index (χ1v) is 10.3. The summed E-state index contributed by atoms with van der Waals surface area (Å²) in [5, 5.41) is 0. The molecule has 0 amide bonds. The summed E-state index contributed by atoms with van der Waals surface area (Å²) < 4.78 is 33.3. The maximum absolute atomic E-state index is 13.4. The molecule has 2 aliphatic rings. The van der Waals surface area contributed by atoms with Gasteiger partial charge >= 0.3 is 5.97 Å². The molecule has 0 radical (unpaired) electrons. The van der Waals surface area contributed by atoms with Gasteiger partial charge in [0.15, 0.2) is 0 Å². The molecule has 4 unspecified atom stereocenters. The fourth-order valence-electron chi connectivity index (χ4n) is 4.13. The number of ether oxygens (including phenoxy) is 1. The van der Waals surface area contributed by atoms with Crippen molar-refractivity contribution in [3.8, 4) is 0 Å². The largest absolute Gasteiger partial charge is 0.469 e. The van der Waals surface area contributed by atoms with Crippen molar-refractivity contribution in [2.45, 2.75) is 30.7 Å². The number of esters is 1. The number of hydrogen-bond donors (Lipinski definition) is 0. The number of benzene rings is 1. The van der Waals surface area contributed by atoms with Crippen molar-refractivity contribution in [2.24, 2.45) is 17.8 Å². The highest BCUT2D eigenvalue weighted by molar-refractivity contribution is 7.89. The minimum Gasteiger partial charge on any atom is -0.469 e. The first-order chi connectivity index (χ1) is 12.4. The van der Waals surface area contributed by atoms with Crippen molar-refractivity contribution in [1.29, 1.82) is 0 Å². The van der Waals surface area contributed by atoms with Crippen LogP contribution in [0.1, 0.15) is 18.4 Å². The molecule has 0 saturated heterocycles. The van der Waals surface area contributed by atoms with Crippen LogP contribution in [-0.2, 0) is 19.6 Å². The van der Waals surface area contributed by atoms with Crippen LogP contribution >= 0.6 is 0 Å². The molecule has 4 atom stereocenters. The van der Waals surface area contributed by atoms with E-state index in [1.807, 2.05) is 19.1 Å². The lowest BCUT2D eigenvalue weighted by Crippen LogP contribution is -2.49. The lowest BCUT2D eigenvalue weighted by Gasteiger charge is -2.35. The van der Waals surface area contributed by atoms with Crippen molar-refractivity contribution in [3.05, 3.63) is 54.6 Å². The van der Waals surface area contributed by atoms with E-state index in [0.29, 0.717) is 13.0 Å². The fourth-order valence-corrected chi connectivity index (χ4v) is 5.84. The third-order valence-corrected chi connectivity index (χ3v) is 7.32. The summed E-state index contributed by atoms with van der Waals surface area (Å²) in [5.74, 6) is -0.722. The van der Waals surface area contributed by atoms with E-state index in [2.05, 4.69) is 6.58 Å². The lowest BCUT2D eigenvalue weighted by molar-refractivity contribution is -0.147. The van der Waals surface area contributed by atoms with Crippen LogP contribution < -0.4 is 0 Å². The van der Waals surface area contributed by atoms with Gasteiger partial charge in [0.1, 0.15) is 0 Å². The van der Waals surface area contributed by atoms with Gasteiger partial charge in [0, 0.05) is 12.6 Å². The number of carbonyl (C=O) groups excluding carboxylic acids is 1. The Morgan fingerprint density at radius 3 is 2.54 bits per heavy atom. The highest BCUT2D eigenvalue weighted by Gasteiger charge is 2.53. The van der Waals surface area contributed by atoms with Crippen LogP contribution in [0, 0.1) is 24.7 Å². The van der Waals surface area contributed by atoms with Crippen LogP contribution in [0.2, 0.25) is 0 Å². The number of methoxy groups -OCH3 is 1. The van der Waals surface area contributed by atoms with E-state index in [-0.39, 0.29) is 22.7 Å². The number of carbonyl (C=O) groups is 1.